The largest absolute Gasteiger partial charge is 0.497 e. The van der Waals surface area contributed by atoms with Crippen molar-refractivity contribution in [2.75, 3.05) is 7.11 Å². The third-order valence-corrected chi connectivity index (χ3v) is 5.58. The monoisotopic (exact) mass is 357 g/mol. The molecule has 26 heavy (non-hydrogen) atoms. The van der Waals surface area contributed by atoms with E-state index in [0.717, 1.165) is 47.5 Å². The van der Waals surface area contributed by atoms with Gasteiger partial charge < -0.3 is 15.4 Å². The summed E-state index contributed by atoms with van der Waals surface area (Å²) in [5, 5.41) is 5.75. The van der Waals surface area contributed by atoms with Crippen LogP contribution in [0.25, 0.3) is 0 Å². The van der Waals surface area contributed by atoms with Gasteiger partial charge >= 0.3 is 6.03 Å². The molecule has 2 fully saturated rings. The summed E-state index contributed by atoms with van der Waals surface area (Å²) in [6.07, 6.45) is 4.05. The maximum atomic E-state index is 13.3. The van der Waals surface area contributed by atoms with Crippen molar-refractivity contribution in [2.24, 2.45) is 0 Å². The molecule has 0 aromatic heterocycles. The quantitative estimate of drug-likeness (QED) is 0.799. The van der Waals surface area contributed by atoms with Gasteiger partial charge in [0.2, 0.25) is 5.91 Å². The number of imide groups is 1. The van der Waals surface area contributed by atoms with E-state index in [0.29, 0.717) is 6.42 Å². The first kappa shape index (κ1) is 16.9. The van der Waals surface area contributed by atoms with E-state index in [9.17, 15) is 14.4 Å². The highest BCUT2D eigenvalue weighted by molar-refractivity contribution is 6.10. The van der Waals surface area contributed by atoms with E-state index in [1.54, 1.807) is 20.1 Å². The SMILES string of the molecule is COc1ccc2c(c1)CCC[C@]21NC(=O)N([C@@H](C)C(=O)NC2CC2)C1=O. The van der Waals surface area contributed by atoms with Crippen LogP contribution in [0.4, 0.5) is 4.79 Å². The van der Waals surface area contributed by atoms with Gasteiger partial charge in [0.15, 0.2) is 0 Å². The minimum Gasteiger partial charge on any atom is -0.497 e. The van der Waals surface area contributed by atoms with E-state index >= 15 is 0 Å². The lowest BCUT2D eigenvalue weighted by Gasteiger charge is -2.34. The van der Waals surface area contributed by atoms with Crippen LogP contribution in [0.1, 0.15) is 43.7 Å². The van der Waals surface area contributed by atoms with Crippen molar-refractivity contribution >= 4 is 17.8 Å². The van der Waals surface area contributed by atoms with Gasteiger partial charge in [0.05, 0.1) is 7.11 Å². The van der Waals surface area contributed by atoms with Crippen molar-refractivity contribution in [1.29, 1.82) is 0 Å². The molecule has 0 unspecified atom stereocenters. The Bertz CT molecular complexity index is 789. The van der Waals surface area contributed by atoms with Crippen LogP contribution < -0.4 is 15.4 Å². The number of nitrogens with one attached hydrogen (secondary N) is 2. The lowest BCUT2D eigenvalue weighted by molar-refractivity contribution is -0.138. The molecule has 138 valence electrons. The summed E-state index contributed by atoms with van der Waals surface area (Å²) < 4.78 is 5.28. The Morgan fingerprint density at radius 1 is 1.38 bits per heavy atom. The number of amides is 4. The molecule has 7 heteroatoms. The highest BCUT2D eigenvalue weighted by atomic mass is 16.5. The van der Waals surface area contributed by atoms with Gasteiger partial charge in [-0.1, -0.05) is 6.07 Å². The molecule has 2 aliphatic carbocycles. The number of urea groups is 1. The van der Waals surface area contributed by atoms with Gasteiger partial charge in [-0.2, -0.15) is 0 Å². The lowest BCUT2D eigenvalue weighted by Crippen LogP contribution is -2.50. The first-order valence-corrected chi connectivity index (χ1v) is 9.10. The Labute approximate surface area is 152 Å². The predicted molar refractivity (Wildman–Crippen MR) is 93.6 cm³/mol. The number of fused-ring (bicyclic) bond motifs is 2. The van der Waals surface area contributed by atoms with Crippen molar-refractivity contribution in [2.45, 2.75) is 56.7 Å². The molecular formula is C19H23N3O4. The van der Waals surface area contributed by atoms with Crippen molar-refractivity contribution in [3.05, 3.63) is 29.3 Å². The summed E-state index contributed by atoms with van der Waals surface area (Å²) in [6.45, 7) is 1.60. The molecule has 4 amide bonds. The second-order valence-corrected chi connectivity index (χ2v) is 7.35. The maximum Gasteiger partial charge on any atom is 0.326 e. The number of nitrogens with zero attached hydrogens (tertiary/aromatic N) is 1. The molecule has 1 aromatic carbocycles. The van der Waals surface area contributed by atoms with Crippen LogP contribution in [0, 0.1) is 0 Å². The normalized spacial score (nSPS) is 25.7. The minimum absolute atomic E-state index is 0.183. The number of carbonyl (C=O) groups is 3. The van der Waals surface area contributed by atoms with E-state index in [1.807, 2.05) is 12.1 Å². The van der Waals surface area contributed by atoms with Gasteiger partial charge in [0.1, 0.15) is 17.3 Å². The van der Waals surface area contributed by atoms with E-state index in [2.05, 4.69) is 10.6 Å². The smallest absolute Gasteiger partial charge is 0.326 e. The third kappa shape index (κ3) is 2.53. The number of rotatable bonds is 4. The Hall–Kier alpha value is -2.57. The molecule has 3 aliphatic rings. The molecule has 1 spiro atoms. The van der Waals surface area contributed by atoms with Gasteiger partial charge in [-0.3, -0.25) is 9.59 Å². The van der Waals surface area contributed by atoms with E-state index < -0.39 is 17.6 Å². The Balaban J connectivity index is 1.66. The van der Waals surface area contributed by atoms with Crippen LogP contribution >= 0.6 is 0 Å². The maximum absolute atomic E-state index is 13.3. The second-order valence-electron chi connectivity index (χ2n) is 7.35. The summed E-state index contributed by atoms with van der Waals surface area (Å²) in [7, 11) is 1.60. The fourth-order valence-corrected chi connectivity index (χ4v) is 3.96. The Morgan fingerprint density at radius 2 is 2.15 bits per heavy atom. The van der Waals surface area contributed by atoms with Crippen LogP contribution in [-0.2, 0) is 21.5 Å². The first-order valence-electron chi connectivity index (χ1n) is 9.10. The van der Waals surface area contributed by atoms with Crippen LogP contribution in [0.2, 0.25) is 0 Å². The molecule has 1 saturated carbocycles. The predicted octanol–water partition coefficient (Wildman–Crippen LogP) is 1.45. The second kappa shape index (κ2) is 6.00. The highest BCUT2D eigenvalue weighted by Gasteiger charge is 2.56. The molecule has 4 rings (SSSR count). The van der Waals surface area contributed by atoms with E-state index in [1.165, 1.54) is 0 Å². The molecule has 1 aliphatic heterocycles. The zero-order valence-electron chi connectivity index (χ0n) is 15.0. The molecular weight excluding hydrogens is 334 g/mol. The molecule has 2 atom stereocenters. The number of hydrogen-bond donors (Lipinski definition) is 2. The van der Waals surface area contributed by atoms with E-state index in [4.69, 9.17) is 4.74 Å². The number of ether oxygens (including phenoxy) is 1. The number of benzene rings is 1. The van der Waals surface area contributed by atoms with Crippen molar-refractivity contribution in [1.82, 2.24) is 15.5 Å². The summed E-state index contributed by atoms with van der Waals surface area (Å²) in [6, 6.07) is 4.42. The molecule has 1 aromatic rings. The lowest BCUT2D eigenvalue weighted by atomic mass is 9.76. The van der Waals surface area contributed by atoms with Gasteiger partial charge in [-0.05, 0) is 62.3 Å². The molecule has 1 heterocycles. The molecule has 7 nitrogen and oxygen atoms in total. The van der Waals surface area contributed by atoms with Crippen LogP contribution in [0.3, 0.4) is 0 Å². The first-order chi connectivity index (χ1) is 12.5. The van der Waals surface area contributed by atoms with Gasteiger partial charge in [-0.15, -0.1) is 0 Å². The third-order valence-electron chi connectivity index (χ3n) is 5.58. The fraction of sp³-hybridized carbons (Fsp3) is 0.526. The topological polar surface area (TPSA) is 87.7 Å². The molecule has 0 radical (unpaired) electrons. The molecule has 2 N–H and O–H groups in total. The minimum atomic E-state index is -1.08. The van der Waals surface area contributed by atoms with Crippen molar-refractivity contribution < 1.29 is 19.1 Å². The average Bonchev–Trinajstić information content (AvgIpc) is 3.41. The average molecular weight is 357 g/mol. The van der Waals surface area contributed by atoms with Crippen LogP contribution in [0.5, 0.6) is 5.75 Å². The highest BCUT2D eigenvalue weighted by Crippen LogP contribution is 2.41. The summed E-state index contributed by atoms with van der Waals surface area (Å²) in [4.78, 5) is 39.4. The fourth-order valence-electron chi connectivity index (χ4n) is 3.96. The number of hydrogen-bond acceptors (Lipinski definition) is 4. The van der Waals surface area contributed by atoms with Gasteiger partial charge in [0, 0.05) is 6.04 Å². The Morgan fingerprint density at radius 3 is 2.85 bits per heavy atom. The summed E-state index contributed by atoms with van der Waals surface area (Å²) >= 11 is 0. The number of aryl methyl sites for hydroxylation is 1. The zero-order valence-corrected chi connectivity index (χ0v) is 15.0. The van der Waals surface area contributed by atoms with Gasteiger partial charge in [0.25, 0.3) is 5.91 Å². The summed E-state index contributed by atoms with van der Waals surface area (Å²) in [5.41, 5.74) is 0.729. The van der Waals surface area contributed by atoms with Crippen molar-refractivity contribution in [3.8, 4) is 5.75 Å². The molecule has 1 saturated heterocycles. The Kier molecular flexibility index (Phi) is 3.89. The summed E-state index contributed by atoms with van der Waals surface area (Å²) in [5.74, 6) is 0.109. The van der Waals surface area contributed by atoms with Gasteiger partial charge in [-0.25, -0.2) is 9.69 Å². The van der Waals surface area contributed by atoms with Crippen LogP contribution in [0.15, 0.2) is 18.2 Å². The molecule has 0 bridgehead atoms. The standard InChI is InChI=1S/C19H23N3O4/c1-11(16(23)20-13-5-6-13)22-17(24)19(21-18(22)25)9-3-4-12-10-14(26-2)7-8-15(12)19/h7-8,10-11,13H,3-6,9H2,1-2H3,(H,20,23)(H,21,25)/t11-,19-/m0/s1. The van der Waals surface area contributed by atoms with E-state index in [-0.39, 0.29) is 17.9 Å². The van der Waals surface area contributed by atoms with Crippen LogP contribution in [-0.4, -0.2) is 41.9 Å². The number of carbonyl (C=O) groups excluding carboxylic acids is 3. The van der Waals surface area contributed by atoms with Crippen molar-refractivity contribution in [3.63, 3.8) is 0 Å². The number of methoxy groups -OCH3 is 1. The zero-order chi connectivity index (χ0) is 18.5.